The molecule has 1 atom stereocenters. The van der Waals surface area contributed by atoms with Crippen LogP contribution < -0.4 is 4.90 Å². The topological polar surface area (TPSA) is 3.24 Å². The van der Waals surface area contributed by atoms with Crippen LogP contribution in [0, 0.1) is 0 Å². The van der Waals surface area contributed by atoms with E-state index in [0.29, 0.717) is 6.04 Å². The molecule has 2 aliphatic heterocycles. The molecule has 0 bridgehead atoms. The van der Waals surface area contributed by atoms with Crippen molar-refractivity contribution in [3.63, 3.8) is 0 Å². The lowest BCUT2D eigenvalue weighted by Gasteiger charge is -2.43. The van der Waals surface area contributed by atoms with E-state index in [-0.39, 0.29) is 5.54 Å². The summed E-state index contributed by atoms with van der Waals surface area (Å²) in [5.74, 6) is 0. The summed E-state index contributed by atoms with van der Waals surface area (Å²) in [6.07, 6.45) is 3.59. The zero-order valence-electron chi connectivity index (χ0n) is 10.5. The van der Waals surface area contributed by atoms with Crippen LogP contribution >= 0.6 is 0 Å². The monoisotopic (exact) mass is 213 g/mol. The number of benzene rings is 1. The van der Waals surface area contributed by atoms with Crippen LogP contribution in [0.2, 0.25) is 0 Å². The number of hydrogen-bond acceptors (Lipinski definition) is 1. The molecule has 0 aliphatic carbocycles. The summed E-state index contributed by atoms with van der Waals surface area (Å²) in [7, 11) is 0. The fourth-order valence-electron chi connectivity index (χ4n) is 3.52. The van der Waals surface area contributed by atoms with E-state index in [1.807, 2.05) is 0 Å². The van der Waals surface area contributed by atoms with Crippen molar-refractivity contribution in [2.24, 2.45) is 0 Å². The summed E-state index contributed by atoms with van der Waals surface area (Å²) in [5.41, 5.74) is 6.02. The van der Waals surface area contributed by atoms with Gasteiger partial charge in [-0.2, -0.15) is 0 Å². The molecule has 0 saturated carbocycles. The van der Waals surface area contributed by atoms with Crippen molar-refractivity contribution >= 4 is 11.3 Å². The fourth-order valence-corrected chi connectivity index (χ4v) is 3.52. The maximum absolute atomic E-state index is 2.59. The SMILES string of the molecule is CC1=CC(C)(C)N2c3c(cccc31)CC2C. The molecule has 1 aromatic carbocycles. The zero-order valence-corrected chi connectivity index (χ0v) is 10.5. The van der Waals surface area contributed by atoms with Crippen molar-refractivity contribution in [3.05, 3.63) is 35.4 Å². The molecule has 1 nitrogen and oxygen atoms in total. The molecule has 0 N–H and O–H groups in total. The number of allylic oxidation sites excluding steroid dienone is 1. The molecule has 2 heterocycles. The molecule has 0 radical (unpaired) electrons. The van der Waals surface area contributed by atoms with E-state index in [2.05, 4.69) is 56.9 Å². The van der Waals surface area contributed by atoms with Gasteiger partial charge in [0.25, 0.3) is 0 Å². The molecule has 1 unspecified atom stereocenters. The first-order valence-corrected chi connectivity index (χ1v) is 6.12. The van der Waals surface area contributed by atoms with Gasteiger partial charge in [-0.15, -0.1) is 0 Å². The third-order valence-electron chi connectivity index (χ3n) is 3.93. The molecule has 16 heavy (non-hydrogen) atoms. The van der Waals surface area contributed by atoms with Crippen LogP contribution in [0.25, 0.3) is 5.57 Å². The largest absolute Gasteiger partial charge is 0.359 e. The van der Waals surface area contributed by atoms with Gasteiger partial charge in [0.2, 0.25) is 0 Å². The standard InChI is InChI=1S/C15H19N/c1-10-9-15(3,4)16-11(2)8-12-6-5-7-13(10)14(12)16/h5-7,9,11H,8H2,1-4H3. The van der Waals surface area contributed by atoms with E-state index in [1.54, 1.807) is 0 Å². The molecule has 84 valence electrons. The second kappa shape index (κ2) is 2.91. The molecule has 0 saturated heterocycles. The first-order chi connectivity index (χ1) is 7.50. The Morgan fingerprint density at radius 3 is 2.81 bits per heavy atom. The molecular weight excluding hydrogens is 194 g/mol. The molecule has 1 aromatic rings. The van der Waals surface area contributed by atoms with Gasteiger partial charge in [0.15, 0.2) is 0 Å². The minimum Gasteiger partial charge on any atom is -0.359 e. The van der Waals surface area contributed by atoms with Crippen LogP contribution in [0.3, 0.4) is 0 Å². The van der Waals surface area contributed by atoms with Gasteiger partial charge < -0.3 is 4.90 Å². The number of nitrogens with zero attached hydrogens (tertiary/aromatic N) is 1. The van der Waals surface area contributed by atoms with Crippen molar-refractivity contribution in [2.75, 3.05) is 4.90 Å². The zero-order chi connectivity index (χ0) is 11.5. The number of anilines is 1. The summed E-state index contributed by atoms with van der Waals surface area (Å²) < 4.78 is 0. The van der Waals surface area contributed by atoms with Crippen molar-refractivity contribution in [2.45, 2.75) is 45.7 Å². The highest BCUT2D eigenvalue weighted by Gasteiger charge is 2.39. The first kappa shape index (κ1) is 9.95. The number of para-hydroxylation sites is 1. The minimum atomic E-state index is 0.156. The van der Waals surface area contributed by atoms with E-state index in [9.17, 15) is 0 Å². The Kier molecular flexibility index (Phi) is 1.81. The highest BCUT2D eigenvalue weighted by atomic mass is 15.2. The average Bonchev–Trinajstić information content (AvgIpc) is 2.51. The highest BCUT2D eigenvalue weighted by Crippen LogP contribution is 2.46. The Morgan fingerprint density at radius 1 is 1.31 bits per heavy atom. The summed E-state index contributed by atoms with van der Waals surface area (Å²) in [6.45, 7) is 9.20. The van der Waals surface area contributed by atoms with Crippen molar-refractivity contribution in [3.8, 4) is 0 Å². The van der Waals surface area contributed by atoms with Crippen molar-refractivity contribution < 1.29 is 0 Å². The molecule has 0 spiro atoms. The molecule has 2 aliphatic rings. The van der Waals surface area contributed by atoms with Crippen LogP contribution in [0.4, 0.5) is 5.69 Å². The third kappa shape index (κ3) is 1.12. The van der Waals surface area contributed by atoms with Gasteiger partial charge >= 0.3 is 0 Å². The van der Waals surface area contributed by atoms with E-state index in [4.69, 9.17) is 0 Å². The fraction of sp³-hybridized carbons (Fsp3) is 0.467. The lowest BCUT2D eigenvalue weighted by molar-refractivity contribution is 0.510. The summed E-state index contributed by atoms with van der Waals surface area (Å²) in [4.78, 5) is 2.59. The van der Waals surface area contributed by atoms with E-state index in [0.717, 1.165) is 0 Å². The number of hydrogen-bond donors (Lipinski definition) is 0. The second-order valence-corrected chi connectivity index (χ2v) is 5.72. The molecule has 0 aromatic heterocycles. The first-order valence-electron chi connectivity index (χ1n) is 6.12. The Bertz CT molecular complexity index is 482. The van der Waals surface area contributed by atoms with E-state index < -0.39 is 0 Å². The summed E-state index contributed by atoms with van der Waals surface area (Å²) in [5, 5.41) is 0. The smallest absolute Gasteiger partial charge is 0.0537 e. The predicted octanol–water partition coefficient (Wildman–Crippen LogP) is 3.63. The van der Waals surface area contributed by atoms with E-state index in [1.165, 1.54) is 28.8 Å². The molecular formula is C15H19N. The van der Waals surface area contributed by atoms with Gasteiger partial charge in [0.1, 0.15) is 0 Å². The van der Waals surface area contributed by atoms with Gasteiger partial charge in [-0.1, -0.05) is 24.3 Å². The third-order valence-corrected chi connectivity index (χ3v) is 3.93. The summed E-state index contributed by atoms with van der Waals surface area (Å²) >= 11 is 0. The molecule has 0 amide bonds. The van der Waals surface area contributed by atoms with Crippen LogP contribution in [0.15, 0.2) is 24.3 Å². The molecule has 1 heteroatoms. The lowest BCUT2D eigenvalue weighted by Crippen LogP contribution is -2.47. The lowest BCUT2D eigenvalue weighted by atomic mass is 9.89. The van der Waals surface area contributed by atoms with Gasteiger partial charge in [0.05, 0.1) is 5.54 Å². The normalized spacial score (nSPS) is 25.4. The summed E-state index contributed by atoms with van der Waals surface area (Å²) in [6, 6.07) is 7.35. The highest BCUT2D eigenvalue weighted by molar-refractivity contribution is 5.84. The minimum absolute atomic E-state index is 0.156. The van der Waals surface area contributed by atoms with Crippen molar-refractivity contribution in [1.29, 1.82) is 0 Å². The maximum atomic E-state index is 2.59. The molecule has 0 fully saturated rings. The van der Waals surface area contributed by atoms with Crippen LogP contribution in [0.1, 0.15) is 38.8 Å². The molecule has 3 rings (SSSR count). The average molecular weight is 213 g/mol. The van der Waals surface area contributed by atoms with Gasteiger partial charge in [0, 0.05) is 17.3 Å². The van der Waals surface area contributed by atoms with Gasteiger partial charge in [-0.25, -0.2) is 0 Å². The number of rotatable bonds is 0. The quantitative estimate of drug-likeness (QED) is 0.636. The Balaban J connectivity index is 2.31. The predicted molar refractivity (Wildman–Crippen MR) is 69.8 cm³/mol. The van der Waals surface area contributed by atoms with Crippen LogP contribution in [0.5, 0.6) is 0 Å². The van der Waals surface area contributed by atoms with Crippen LogP contribution in [-0.4, -0.2) is 11.6 Å². The van der Waals surface area contributed by atoms with Gasteiger partial charge in [-0.05, 0) is 45.3 Å². The Labute approximate surface area is 97.8 Å². The van der Waals surface area contributed by atoms with Crippen molar-refractivity contribution in [1.82, 2.24) is 0 Å². The maximum Gasteiger partial charge on any atom is 0.0537 e. The Morgan fingerprint density at radius 2 is 2.06 bits per heavy atom. The van der Waals surface area contributed by atoms with Crippen LogP contribution in [-0.2, 0) is 6.42 Å². The van der Waals surface area contributed by atoms with Gasteiger partial charge in [-0.3, -0.25) is 0 Å². The second-order valence-electron chi connectivity index (χ2n) is 5.72. The van der Waals surface area contributed by atoms with E-state index >= 15 is 0 Å². The Hall–Kier alpha value is -1.24.